The van der Waals surface area contributed by atoms with Gasteiger partial charge in [0, 0.05) is 12.1 Å². The van der Waals surface area contributed by atoms with E-state index in [4.69, 9.17) is 0 Å². The quantitative estimate of drug-likeness (QED) is 0.405. The van der Waals surface area contributed by atoms with Gasteiger partial charge in [-0.2, -0.15) is 0 Å². The molecule has 3 aromatic rings. The normalized spacial score (nSPS) is 12.5. The molecule has 1 atom stereocenters. The molecule has 0 aliphatic carbocycles. The molecule has 0 bridgehead atoms. The Labute approximate surface area is 230 Å². The lowest BCUT2D eigenvalue weighted by molar-refractivity contribution is -0.140. The Morgan fingerprint density at radius 3 is 1.90 bits per heavy atom. The molecule has 0 aromatic heterocycles. The average Bonchev–Trinajstić information content (AvgIpc) is 2.86. The Morgan fingerprint density at radius 1 is 0.872 bits per heavy atom. The van der Waals surface area contributed by atoms with E-state index in [2.05, 4.69) is 5.32 Å². The van der Waals surface area contributed by atoms with Crippen LogP contribution in [-0.4, -0.2) is 43.3 Å². The molecule has 1 unspecified atom stereocenters. The van der Waals surface area contributed by atoms with Gasteiger partial charge in [-0.05, 0) is 83.5 Å². The Hall–Kier alpha value is -3.72. The molecule has 0 saturated carbocycles. The number of carbonyl (C=O) groups is 2. The van der Waals surface area contributed by atoms with E-state index in [1.54, 1.807) is 43.3 Å². The molecule has 0 aliphatic rings. The summed E-state index contributed by atoms with van der Waals surface area (Å²) in [6.07, 6.45) is 0. The highest BCUT2D eigenvalue weighted by atomic mass is 32.2. The molecule has 0 aliphatic heterocycles. The number of sulfonamides is 1. The molecule has 7 nitrogen and oxygen atoms in total. The molecule has 208 valence electrons. The molecule has 3 rings (SSSR count). The summed E-state index contributed by atoms with van der Waals surface area (Å²) in [5.74, 6) is -1.39. The van der Waals surface area contributed by atoms with Crippen molar-refractivity contribution in [2.45, 2.75) is 64.6 Å². The van der Waals surface area contributed by atoms with Gasteiger partial charge in [0.05, 0.1) is 10.6 Å². The van der Waals surface area contributed by atoms with Crippen LogP contribution in [0.1, 0.15) is 44.4 Å². The summed E-state index contributed by atoms with van der Waals surface area (Å²) in [4.78, 5) is 28.3. The van der Waals surface area contributed by atoms with E-state index in [1.807, 2.05) is 34.6 Å². The van der Waals surface area contributed by atoms with Gasteiger partial charge in [0.1, 0.15) is 18.4 Å². The van der Waals surface area contributed by atoms with Crippen molar-refractivity contribution in [2.75, 3.05) is 10.8 Å². The first-order valence-electron chi connectivity index (χ1n) is 12.7. The van der Waals surface area contributed by atoms with Crippen LogP contribution in [0.25, 0.3) is 0 Å². The number of halogens is 1. The predicted octanol–water partition coefficient (Wildman–Crippen LogP) is 4.97. The number of aryl methyl sites for hydroxylation is 2. The molecule has 0 heterocycles. The molecule has 1 N–H and O–H groups in total. The van der Waals surface area contributed by atoms with Crippen LogP contribution in [0.4, 0.5) is 10.1 Å². The zero-order valence-corrected chi connectivity index (χ0v) is 24.0. The summed E-state index contributed by atoms with van der Waals surface area (Å²) in [5, 5.41) is 2.88. The number of rotatable bonds is 9. The lowest BCUT2D eigenvalue weighted by Crippen LogP contribution is -2.54. The lowest BCUT2D eigenvalue weighted by atomic mass is 10.1. The summed E-state index contributed by atoms with van der Waals surface area (Å²) >= 11 is 0. The van der Waals surface area contributed by atoms with Crippen molar-refractivity contribution in [3.8, 4) is 0 Å². The number of hydrogen-bond donors (Lipinski definition) is 1. The van der Waals surface area contributed by atoms with Crippen molar-refractivity contribution in [3.05, 3.63) is 95.3 Å². The van der Waals surface area contributed by atoms with Gasteiger partial charge in [-0.15, -0.1) is 0 Å². The highest BCUT2D eigenvalue weighted by Gasteiger charge is 2.33. The Morgan fingerprint density at radius 2 is 1.38 bits per heavy atom. The van der Waals surface area contributed by atoms with E-state index in [0.29, 0.717) is 11.3 Å². The Kier molecular flexibility index (Phi) is 9.17. The monoisotopic (exact) mass is 553 g/mol. The minimum atomic E-state index is -4.13. The highest BCUT2D eigenvalue weighted by molar-refractivity contribution is 7.92. The van der Waals surface area contributed by atoms with Gasteiger partial charge in [-0.3, -0.25) is 13.9 Å². The fraction of sp³-hybridized carbons (Fsp3) is 0.333. The maximum atomic E-state index is 13.9. The maximum absolute atomic E-state index is 13.9. The number of carbonyl (C=O) groups excluding carboxylic acids is 2. The third kappa shape index (κ3) is 7.89. The first-order valence-corrected chi connectivity index (χ1v) is 14.1. The van der Waals surface area contributed by atoms with Gasteiger partial charge in [0.2, 0.25) is 11.8 Å². The van der Waals surface area contributed by atoms with E-state index >= 15 is 0 Å². The second-order valence-corrected chi connectivity index (χ2v) is 12.6. The van der Waals surface area contributed by atoms with Gasteiger partial charge in [0.15, 0.2) is 0 Å². The topological polar surface area (TPSA) is 86.8 Å². The second-order valence-electron chi connectivity index (χ2n) is 10.7. The van der Waals surface area contributed by atoms with Gasteiger partial charge in [-0.25, -0.2) is 12.8 Å². The number of benzene rings is 3. The Bertz CT molecular complexity index is 1400. The summed E-state index contributed by atoms with van der Waals surface area (Å²) in [7, 11) is -4.13. The van der Waals surface area contributed by atoms with Crippen molar-refractivity contribution in [2.24, 2.45) is 0 Å². The van der Waals surface area contributed by atoms with Crippen molar-refractivity contribution in [1.82, 2.24) is 10.2 Å². The smallest absolute Gasteiger partial charge is 0.264 e. The molecule has 0 spiro atoms. The van der Waals surface area contributed by atoms with Crippen LogP contribution in [0, 0.1) is 19.7 Å². The molecular weight excluding hydrogens is 517 g/mol. The van der Waals surface area contributed by atoms with Crippen molar-refractivity contribution < 1.29 is 22.4 Å². The third-order valence-corrected chi connectivity index (χ3v) is 7.93. The van der Waals surface area contributed by atoms with Crippen LogP contribution in [0.15, 0.2) is 77.7 Å². The van der Waals surface area contributed by atoms with Gasteiger partial charge >= 0.3 is 0 Å². The van der Waals surface area contributed by atoms with Gasteiger partial charge in [-0.1, -0.05) is 47.5 Å². The molecule has 9 heteroatoms. The van der Waals surface area contributed by atoms with Gasteiger partial charge in [0.25, 0.3) is 10.0 Å². The van der Waals surface area contributed by atoms with Crippen molar-refractivity contribution in [3.63, 3.8) is 0 Å². The third-order valence-electron chi connectivity index (χ3n) is 6.14. The van der Waals surface area contributed by atoms with Crippen LogP contribution in [0.2, 0.25) is 0 Å². The van der Waals surface area contributed by atoms with Gasteiger partial charge < -0.3 is 10.2 Å². The largest absolute Gasteiger partial charge is 0.350 e. The minimum absolute atomic E-state index is 0.00976. The summed E-state index contributed by atoms with van der Waals surface area (Å²) in [6.45, 7) is 10.3. The standard InChI is InChI=1S/C30H36FN3O4S/c1-21-7-15-26(16-8-21)34(39(37,38)27-17-9-22(2)10-18-27)20-28(35)33(19-24-11-13-25(31)14-12-24)23(3)29(36)32-30(4,5)6/h7-18,23H,19-20H2,1-6H3,(H,32,36). The number of nitrogens with one attached hydrogen (secondary N) is 1. The van der Waals surface area contributed by atoms with E-state index in [0.717, 1.165) is 15.4 Å². The van der Waals surface area contributed by atoms with E-state index in [9.17, 15) is 22.4 Å². The molecule has 0 fully saturated rings. The van der Waals surface area contributed by atoms with Crippen molar-refractivity contribution >= 4 is 27.5 Å². The van der Waals surface area contributed by atoms with Crippen LogP contribution in [0.3, 0.4) is 0 Å². The molecule has 39 heavy (non-hydrogen) atoms. The number of anilines is 1. The van der Waals surface area contributed by atoms with Crippen LogP contribution >= 0.6 is 0 Å². The average molecular weight is 554 g/mol. The first-order chi connectivity index (χ1) is 18.2. The lowest BCUT2D eigenvalue weighted by Gasteiger charge is -2.33. The molecule has 0 saturated heterocycles. The van der Waals surface area contributed by atoms with Crippen LogP contribution < -0.4 is 9.62 Å². The van der Waals surface area contributed by atoms with Crippen molar-refractivity contribution in [1.29, 1.82) is 0 Å². The zero-order chi connectivity index (χ0) is 29.0. The van der Waals surface area contributed by atoms with Crippen LogP contribution in [-0.2, 0) is 26.2 Å². The van der Waals surface area contributed by atoms with Crippen LogP contribution in [0.5, 0.6) is 0 Å². The highest BCUT2D eigenvalue weighted by Crippen LogP contribution is 2.25. The second kappa shape index (κ2) is 12.0. The molecule has 3 aromatic carbocycles. The SMILES string of the molecule is Cc1ccc(N(CC(=O)N(Cc2ccc(F)cc2)C(C)C(=O)NC(C)(C)C)S(=O)(=O)c2ccc(C)cc2)cc1. The van der Waals surface area contributed by atoms with E-state index in [-0.39, 0.29) is 17.3 Å². The fourth-order valence-corrected chi connectivity index (χ4v) is 5.33. The maximum Gasteiger partial charge on any atom is 0.264 e. The molecule has 2 amide bonds. The summed E-state index contributed by atoms with van der Waals surface area (Å²) in [6, 6.07) is 17.9. The van der Waals surface area contributed by atoms with E-state index < -0.39 is 39.9 Å². The zero-order valence-electron chi connectivity index (χ0n) is 23.2. The first kappa shape index (κ1) is 29.8. The van der Waals surface area contributed by atoms with E-state index in [1.165, 1.54) is 41.3 Å². The fourth-order valence-electron chi connectivity index (χ4n) is 3.92. The molecular formula is C30H36FN3O4S. The summed E-state index contributed by atoms with van der Waals surface area (Å²) in [5.41, 5.74) is 2.21. The number of amides is 2. The summed E-state index contributed by atoms with van der Waals surface area (Å²) < 4.78 is 42.2. The Balaban J connectivity index is 2.02. The minimum Gasteiger partial charge on any atom is -0.350 e. The number of hydrogen-bond acceptors (Lipinski definition) is 4. The predicted molar refractivity (Wildman–Crippen MR) is 151 cm³/mol. The number of nitrogens with zero attached hydrogens (tertiary/aromatic N) is 2. The molecule has 0 radical (unpaired) electrons.